The Balaban J connectivity index is 1.95. The number of hydrogen-bond acceptors (Lipinski definition) is 1. The van der Waals surface area contributed by atoms with Crippen LogP contribution >= 0.6 is 15.9 Å². The lowest BCUT2D eigenvalue weighted by molar-refractivity contribution is 0.603. The van der Waals surface area contributed by atoms with Crippen LogP contribution in [0, 0.1) is 5.82 Å². The molecule has 0 saturated carbocycles. The van der Waals surface area contributed by atoms with Crippen LogP contribution in [0.4, 0.5) is 4.39 Å². The Morgan fingerprint density at radius 1 is 1.05 bits per heavy atom. The zero-order valence-corrected chi connectivity index (χ0v) is 12.5. The van der Waals surface area contributed by atoms with Gasteiger partial charge in [-0.3, -0.25) is 0 Å². The summed E-state index contributed by atoms with van der Waals surface area (Å²) < 4.78 is 25.6. The van der Waals surface area contributed by atoms with Crippen molar-refractivity contribution in [2.45, 2.75) is 5.75 Å². The van der Waals surface area contributed by atoms with Crippen molar-refractivity contribution in [1.29, 1.82) is 0 Å². The molecule has 0 N–H and O–H groups in total. The summed E-state index contributed by atoms with van der Waals surface area (Å²) in [6, 6.07) is 13.8. The van der Waals surface area contributed by atoms with Crippen molar-refractivity contribution in [2.75, 3.05) is 0 Å². The third-order valence-electron chi connectivity index (χ3n) is 2.50. The van der Waals surface area contributed by atoms with Gasteiger partial charge in [0.15, 0.2) is 0 Å². The van der Waals surface area contributed by atoms with E-state index in [-0.39, 0.29) is 5.82 Å². The Morgan fingerprint density at radius 3 is 2.32 bits per heavy atom. The van der Waals surface area contributed by atoms with Crippen molar-refractivity contribution in [1.82, 2.24) is 0 Å². The summed E-state index contributed by atoms with van der Waals surface area (Å²) in [6.45, 7) is 0. The van der Waals surface area contributed by atoms with Crippen LogP contribution in [0.3, 0.4) is 0 Å². The number of hydrogen-bond donors (Lipinski definition) is 0. The maximum atomic E-state index is 12.7. The second-order valence-corrected chi connectivity index (χ2v) is 6.24. The van der Waals surface area contributed by atoms with Crippen molar-refractivity contribution in [3.63, 3.8) is 0 Å². The largest absolute Gasteiger partial charge is 0.612 e. The second kappa shape index (κ2) is 6.89. The monoisotopic (exact) mass is 338 g/mol. The van der Waals surface area contributed by atoms with E-state index < -0.39 is 11.2 Å². The Kier molecular flexibility index (Phi) is 5.19. The number of benzene rings is 2. The fourth-order valence-electron chi connectivity index (χ4n) is 1.52. The van der Waals surface area contributed by atoms with Gasteiger partial charge in [0.25, 0.3) is 0 Å². The summed E-state index contributed by atoms with van der Waals surface area (Å²) in [7, 11) is 0. The topological polar surface area (TPSA) is 23.1 Å². The van der Waals surface area contributed by atoms with Crippen molar-refractivity contribution < 1.29 is 8.94 Å². The predicted molar refractivity (Wildman–Crippen MR) is 81.4 cm³/mol. The molecule has 0 spiro atoms. The number of rotatable bonds is 4. The second-order valence-electron chi connectivity index (χ2n) is 4.01. The van der Waals surface area contributed by atoms with Gasteiger partial charge in [-0.25, -0.2) is 4.39 Å². The van der Waals surface area contributed by atoms with Crippen molar-refractivity contribution in [2.24, 2.45) is 0 Å². The van der Waals surface area contributed by atoms with E-state index in [1.165, 1.54) is 12.1 Å². The zero-order valence-electron chi connectivity index (χ0n) is 10.1. The Labute approximate surface area is 123 Å². The van der Waals surface area contributed by atoms with E-state index in [0.717, 1.165) is 15.6 Å². The summed E-state index contributed by atoms with van der Waals surface area (Å²) in [5, 5.41) is 1.63. The lowest BCUT2D eigenvalue weighted by Crippen LogP contribution is -1.99. The Morgan fingerprint density at radius 2 is 1.68 bits per heavy atom. The van der Waals surface area contributed by atoms with Gasteiger partial charge in [-0.15, -0.1) is 0 Å². The lowest BCUT2D eigenvalue weighted by atomic mass is 10.2. The van der Waals surface area contributed by atoms with Crippen LogP contribution in [0.15, 0.2) is 58.4 Å². The average molecular weight is 339 g/mol. The summed E-state index contributed by atoms with van der Waals surface area (Å²) in [5.74, 6) is 0.207. The van der Waals surface area contributed by atoms with E-state index in [9.17, 15) is 8.94 Å². The van der Waals surface area contributed by atoms with Gasteiger partial charge < -0.3 is 4.55 Å². The fraction of sp³-hybridized carbons (Fsp3) is 0.0667. The van der Waals surface area contributed by atoms with Crippen molar-refractivity contribution >= 4 is 33.2 Å². The molecule has 0 saturated heterocycles. The van der Waals surface area contributed by atoms with E-state index >= 15 is 0 Å². The number of halogens is 2. The smallest absolute Gasteiger partial charge is 0.135 e. The van der Waals surface area contributed by atoms with Crippen molar-refractivity contribution in [3.05, 3.63) is 75.4 Å². The Hall–Kier alpha value is -1.10. The molecule has 1 atom stereocenters. The fourth-order valence-corrected chi connectivity index (χ4v) is 2.71. The maximum Gasteiger partial charge on any atom is 0.135 e. The normalized spacial score (nSPS) is 12.8. The van der Waals surface area contributed by atoms with E-state index in [1.54, 1.807) is 23.6 Å². The molecule has 0 aliphatic rings. The molecule has 19 heavy (non-hydrogen) atoms. The quantitative estimate of drug-likeness (QED) is 0.752. The maximum absolute atomic E-state index is 12.7. The predicted octanol–water partition coefficient (Wildman–Crippen LogP) is 4.51. The highest BCUT2D eigenvalue weighted by atomic mass is 79.9. The van der Waals surface area contributed by atoms with Gasteiger partial charge in [0.2, 0.25) is 0 Å². The van der Waals surface area contributed by atoms with E-state index in [1.807, 2.05) is 24.3 Å². The van der Waals surface area contributed by atoms with E-state index in [4.69, 9.17) is 0 Å². The van der Waals surface area contributed by atoms with Crippen LogP contribution in [-0.4, -0.2) is 4.55 Å². The minimum absolute atomic E-state index is 0.270. The molecule has 0 aliphatic heterocycles. The molecule has 98 valence electrons. The molecular weight excluding hydrogens is 327 g/mol. The SMILES string of the molecule is [O-][S+](C=Cc1ccc(F)cc1)Cc1ccc(Br)cc1. The highest BCUT2D eigenvalue weighted by molar-refractivity contribution is 9.10. The molecular formula is C15H12BrFOS. The van der Waals surface area contributed by atoms with E-state index in [0.29, 0.717) is 5.75 Å². The van der Waals surface area contributed by atoms with Gasteiger partial charge in [0.1, 0.15) is 17.0 Å². The molecule has 0 heterocycles. The van der Waals surface area contributed by atoms with Crippen LogP contribution in [0.1, 0.15) is 11.1 Å². The molecule has 0 aliphatic carbocycles. The minimum atomic E-state index is -1.07. The zero-order chi connectivity index (χ0) is 13.7. The van der Waals surface area contributed by atoms with Gasteiger partial charge in [0.05, 0.1) is 0 Å². The lowest BCUT2D eigenvalue weighted by Gasteiger charge is -2.05. The summed E-state index contributed by atoms with van der Waals surface area (Å²) in [6.07, 6.45) is 1.74. The molecule has 4 heteroatoms. The van der Waals surface area contributed by atoms with Gasteiger partial charge in [-0.05, 0) is 47.1 Å². The molecule has 0 aromatic heterocycles. The summed E-state index contributed by atoms with van der Waals surface area (Å²) >= 11 is 2.29. The molecule has 0 radical (unpaired) electrons. The Bertz CT molecular complexity index is 551. The molecule has 1 unspecified atom stereocenters. The van der Waals surface area contributed by atoms with Crippen LogP contribution in [0.2, 0.25) is 0 Å². The molecule has 0 amide bonds. The first kappa shape index (κ1) is 14.3. The van der Waals surface area contributed by atoms with E-state index in [2.05, 4.69) is 15.9 Å². The van der Waals surface area contributed by atoms with Gasteiger partial charge in [-0.2, -0.15) is 0 Å². The third-order valence-corrected chi connectivity index (χ3v) is 4.09. The average Bonchev–Trinajstić information content (AvgIpc) is 2.41. The van der Waals surface area contributed by atoms with Crippen molar-refractivity contribution in [3.8, 4) is 0 Å². The first-order valence-corrected chi connectivity index (χ1v) is 7.86. The van der Waals surface area contributed by atoms with Gasteiger partial charge in [-0.1, -0.05) is 40.2 Å². The van der Waals surface area contributed by atoms with Crippen LogP contribution in [-0.2, 0) is 16.9 Å². The van der Waals surface area contributed by atoms with Gasteiger partial charge >= 0.3 is 0 Å². The standard InChI is InChI=1S/C15H12BrFOS/c16-14-5-1-13(2-6-14)11-19(18)10-9-12-3-7-15(17)8-4-12/h1-10H,11H2. The van der Waals surface area contributed by atoms with Crippen LogP contribution < -0.4 is 0 Å². The molecule has 2 rings (SSSR count). The minimum Gasteiger partial charge on any atom is -0.612 e. The molecule has 2 aromatic carbocycles. The third kappa shape index (κ3) is 4.82. The molecule has 2 aromatic rings. The van der Waals surface area contributed by atoms with Gasteiger partial charge in [0, 0.05) is 10.0 Å². The van der Waals surface area contributed by atoms with Crippen LogP contribution in [0.5, 0.6) is 0 Å². The first-order chi connectivity index (χ1) is 9.13. The highest BCUT2D eigenvalue weighted by Crippen LogP contribution is 2.14. The summed E-state index contributed by atoms with van der Waals surface area (Å²) in [4.78, 5) is 0. The first-order valence-electron chi connectivity index (χ1n) is 5.69. The highest BCUT2D eigenvalue weighted by Gasteiger charge is 2.03. The molecule has 0 fully saturated rings. The molecule has 0 bridgehead atoms. The van der Waals surface area contributed by atoms with Crippen LogP contribution in [0.25, 0.3) is 6.08 Å². The molecule has 1 nitrogen and oxygen atoms in total. The summed E-state index contributed by atoms with van der Waals surface area (Å²) in [5.41, 5.74) is 1.86.